The molecule has 2 aromatic carbocycles. The average Bonchev–Trinajstić information content (AvgIpc) is 2.53. The predicted octanol–water partition coefficient (Wildman–Crippen LogP) is 1.98. The predicted molar refractivity (Wildman–Crippen MR) is 105 cm³/mol. The van der Waals surface area contributed by atoms with Crippen molar-refractivity contribution in [2.75, 3.05) is 0 Å². The Morgan fingerprint density at radius 2 is 1.00 bits per heavy atom. The minimum atomic E-state index is 0. The molecule has 0 aliphatic carbocycles. The van der Waals surface area contributed by atoms with Gasteiger partial charge in [-0.1, -0.05) is 60.7 Å². The third kappa shape index (κ3) is 12.5. The van der Waals surface area contributed by atoms with Crippen molar-refractivity contribution in [3.8, 4) is 0 Å². The molecular weight excluding hydrogens is 454 g/mol. The molecule has 120 valence electrons. The van der Waals surface area contributed by atoms with E-state index in [9.17, 15) is 0 Å². The Morgan fingerprint density at radius 1 is 0.696 bits per heavy atom. The first-order valence-electron chi connectivity index (χ1n) is 6.50. The van der Waals surface area contributed by atoms with Crippen molar-refractivity contribution in [2.45, 2.75) is 13.2 Å². The molecule has 0 radical (unpaired) electrons. The first kappa shape index (κ1) is 22.4. The molecule has 0 heterocycles. The maximum atomic E-state index is 5.15. The molecule has 7 heteroatoms. The van der Waals surface area contributed by atoms with Crippen molar-refractivity contribution >= 4 is 83.7 Å². The fourth-order valence-electron chi connectivity index (χ4n) is 1.46. The Labute approximate surface area is 187 Å². The topological polar surface area (TPSA) is 70.5 Å². The second kappa shape index (κ2) is 13.8. The zero-order chi connectivity index (χ0) is 16.2. The fraction of sp³-hybridized carbons (Fsp3) is 0.125. The second-order valence-electron chi connectivity index (χ2n) is 4.19. The molecule has 0 saturated heterocycles. The molecule has 0 spiro atoms. The van der Waals surface area contributed by atoms with Crippen LogP contribution in [0.3, 0.4) is 0 Å². The van der Waals surface area contributed by atoms with Gasteiger partial charge >= 0.3 is 48.9 Å². The van der Waals surface area contributed by atoms with Crippen LogP contribution in [-0.2, 0) is 22.7 Å². The van der Waals surface area contributed by atoms with Crippen molar-refractivity contribution in [2.24, 2.45) is 11.5 Å². The van der Waals surface area contributed by atoms with E-state index >= 15 is 0 Å². The van der Waals surface area contributed by atoms with Crippen LogP contribution >= 0.6 is 24.4 Å². The van der Waals surface area contributed by atoms with Crippen molar-refractivity contribution in [1.82, 2.24) is 0 Å². The Kier molecular flexibility index (Phi) is 13.4. The summed E-state index contributed by atoms with van der Waals surface area (Å²) < 4.78 is 9.87. The Morgan fingerprint density at radius 3 is 1.26 bits per heavy atom. The van der Waals surface area contributed by atoms with Crippen molar-refractivity contribution in [3.63, 3.8) is 0 Å². The van der Waals surface area contributed by atoms with Crippen LogP contribution in [-0.4, -0.2) is 59.2 Å². The van der Waals surface area contributed by atoms with Gasteiger partial charge in [-0.2, -0.15) is 0 Å². The van der Waals surface area contributed by atoms with E-state index in [0.29, 0.717) is 13.2 Å². The van der Waals surface area contributed by atoms with Gasteiger partial charge in [-0.05, 0) is 35.6 Å². The average molecular weight is 474 g/mol. The summed E-state index contributed by atoms with van der Waals surface area (Å²) in [6.45, 7) is 0.909. The summed E-state index contributed by atoms with van der Waals surface area (Å²) in [7, 11) is 0. The van der Waals surface area contributed by atoms with E-state index < -0.39 is 0 Å². The monoisotopic (exact) mass is 474 g/mol. The number of thiocarbonyl (C=S) groups is 2. The van der Waals surface area contributed by atoms with Crippen molar-refractivity contribution in [1.29, 1.82) is 0 Å². The van der Waals surface area contributed by atoms with Gasteiger partial charge in [0.15, 0.2) is 0 Å². The summed E-state index contributed by atoms with van der Waals surface area (Å²) in [5.41, 5.74) is 12.4. The van der Waals surface area contributed by atoms with Crippen molar-refractivity contribution in [3.05, 3.63) is 71.8 Å². The van der Waals surface area contributed by atoms with Gasteiger partial charge < -0.3 is 20.9 Å². The molecule has 23 heavy (non-hydrogen) atoms. The standard InChI is InChI=1S/2C8H9NOS.Ba.2H/c2*9-8(11)10-6-7-4-2-1-3-5-7;;;/h2*1-5H,6H2,(H2,9,11);;;. The SMILES string of the molecule is NC(=S)OCc1ccccc1.NC(=S)OCc1ccccc1.[BaH2]. The number of hydrogen-bond donors (Lipinski definition) is 2. The van der Waals surface area contributed by atoms with E-state index in [0.717, 1.165) is 11.1 Å². The summed E-state index contributed by atoms with van der Waals surface area (Å²) in [6, 6.07) is 19.5. The summed E-state index contributed by atoms with van der Waals surface area (Å²) in [5, 5.41) is 0.183. The number of nitrogens with two attached hydrogens (primary N) is 2. The van der Waals surface area contributed by atoms with Gasteiger partial charge in [0, 0.05) is 0 Å². The fourth-order valence-corrected chi connectivity index (χ4v) is 1.58. The van der Waals surface area contributed by atoms with Gasteiger partial charge in [0.05, 0.1) is 0 Å². The zero-order valence-electron chi connectivity index (χ0n) is 12.0. The third-order valence-electron chi connectivity index (χ3n) is 2.45. The second-order valence-corrected chi connectivity index (χ2v) is 4.99. The molecule has 4 N–H and O–H groups in total. The third-order valence-corrected chi connectivity index (χ3v) is 2.68. The molecule has 2 rings (SSSR count). The minimum absolute atomic E-state index is 0. The van der Waals surface area contributed by atoms with E-state index in [2.05, 4.69) is 24.4 Å². The Bertz CT molecular complexity index is 530. The number of hydrogen-bond acceptors (Lipinski definition) is 4. The number of benzene rings is 2. The quantitative estimate of drug-likeness (QED) is 0.523. The zero-order valence-corrected chi connectivity index (χ0v) is 13.6. The maximum absolute atomic E-state index is 5.15. The Balaban J connectivity index is 0.000000403. The van der Waals surface area contributed by atoms with E-state index in [-0.39, 0.29) is 59.2 Å². The summed E-state index contributed by atoms with van der Waals surface area (Å²) in [6.07, 6.45) is 0. The van der Waals surface area contributed by atoms with Crippen LogP contribution < -0.4 is 11.5 Å². The molecular formula is C16H20BaN2O2S2. The van der Waals surface area contributed by atoms with Crippen LogP contribution in [0.5, 0.6) is 0 Å². The van der Waals surface area contributed by atoms with Crippen molar-refractivity contribution < 1.29 is 9.47 Å². The van der Waals surface area contributed by atoms with Crippen LogP contribution in [0.15, 0.2) is 60.7 Å². The van der Waals surface area contributed by atoms with Gasteiger partial charge in [0.25, 0.3) is 10.3 Å². The Hall–Kier alpha value is -0.609. The number of rotatable bonds is 4. The van der Waals surface area contributed by atoms with Crippen LogP contribution in [0.2, 0.25) is 0 Å². The molecule has 4 nitrogen and oxygen atoms in total. The van der Waals surface area contributed by atoms with Crippen LogP contribution in [0.4, 0.5) is 0 Å². The molecule has 0 amide bonds. The van der Waals surface area contributed by atoms with E-state index in [1.165, 1.54) is 0 Å². The molecule has 0 aliphatic heterocycles. The van der Waals surface area contributed by atoms with E-state index in [4.69, 9.17) is 20.9 Å². The summed E-state index contributed by atoms with van der Waals surface area (Å²) in [5.74, 6) is 0. The molecule has 2 aromatic rings. The molecule has 0 aliphatic rings. The number of ether oxygens (including phenoxy) is 2. The summed E-state index contributed by atoms with van der Waals surface area (Å²) >= 11 is 9.10. The van der Waals surface area contributed by atoms with Gasteiger partial charge in [-0.25, -0.2) is 0 Å². The van der Waals surface area contributed by atoms with Crippen LogP contribution in [0.25, 0.3) is 0 Å². The summed E-state index contributed by atoms with van der Waals surface area (Å²) in [4.78, 5) is 0. The van der Waals surface area contributed by atoms with Gasteiger partial charge in [0.2, 0.25) is 0 Å². The molecule has 0 unspecified atom stereocenters. The van der Waals surface area contributed by atoms with Crippen LogP contribution in [0.1, 0.15) is 11.1 Å². The van der Waals surface area contributed by atoms with Crippen LogP contribution in [0, 0.1) is 0 Å². The first-order valence-corrected chi connectivity index (χ1v) is 7.32. The molecule has 0 bridgehead atoms. The molecule has 0 aromatic heterocycles. The first-order chi connectivity index (χ1) is 10.6. The van der Waals surface area contributed by atoms with Gasteiger partial charge in [-0.15, -0.1) is 0 Å². The van der Waals surface area contributed by atoms with E-state index in [1.807, 2.05) is 60.7 Å². The molecule has 0 fully saturated rings. The van der Waals surface area contributed by atoms with Gasteiger partial charge in [0.1, 0.15) is 13.2 Å². The van der Waals surface area contributed by atoms with E-state index in [1.54, 1.807) is 0 Å². The normalized spacial score (nSPS) is 8.70. The molecule has 0 saturated carbocycles. The molecule has 0 atom stereocenters. The van der Waals surface area contributed by atoms with Gasteiger partial charge in [-0.3, -0.25) is 0 Å².